The molecule has 3 heteroatoms. The molecule has 0 fully saturated rings. The summed E-state index contributed by atoms with van der Waals surface area (Å²) in [4.78, 5) is 0. The molecule has 14 heavy (non-hydrogen) atoms. The van der Waals surface area contributed by atoms with E-state index in [1.807, 2.05) is 17.8 Å². The number of alkyl halides is 1. The third-order valence-electron chi connectivity index (χ3n) is 2.18. The quantitative estimate of drug-likeness (QED) is 0.731. The highest BCUT2D eigenvalue weighted by Gasteiger charge is 2.09. The van der Waals surface area contributed by atoms with E-state index >= 15 is 0 Å². The normalized spacial score (nSPS) is 12.8. The molecule has 0 saturated carbocycles. The van der Waals surface area contributed by atoms with E-state index in [4.69, 9.17) is 0 Å². The molecule has 0 aliphatic carbocycles. The van der Waals surface area contributed by atoms with Gasteiger partial charge in [0.05, 0.1) is 0 Å². The monoisotopic (exact) mass is 276 g/mol. The van der Waals surface area contributed by atoms with Gasteiger partial charge in [0.25, 0.3) is 0 Å². The molecule has 0 nitrogen and oxygen atoms in total. The molecule has 1 aromatic carbocycles. The van der Waals surface area contributed by atoms with Crippen LogP contribution in [0.5, 0.6) is 0 Å². The smallest absolute Gasteiger partial charge is 0.123 e. The molecule has 0 bridgehead atoms. The molecule has 0 radical (unpaired) electrons. The van der Waals surface area contributed by atoms with Gasteiger partial charge < -0.3 is 0 Å². The number of hydrogen-bond donors (Lipinski definition) is 0. The van der Waals surface area contributed by atoms with Crippen molar-refractivity contribution in [3.05, 3.63) is 35.6 Å². The van der Waals surface area contributed by atoms with E-state index in [9.17, 15) is 4.39 Å². The van der Waals surface area contributed by atoms with Gasteiger partial charge in [0, 0.05) is 5.33 Å². The van der Waals surface area contributed by atoms with Gasteiger partial charge in [-0.2, -0.15) is 11.8 Å². The van der Waals surface area contributed by atoms with Gasteiger partial charge in [0.1, 0.15) is 5.82 Å². The summed E-state index contributed by atoms with van der Waals surface area (Å²) in [6.07, 6.45) is 3.19. The molecule has 1 atom stereocenters. The van der Waals surface area contributed by atoms with Gasteiger partial charge in [0.15, 0.2) is 0 Å². The summed E-state index contributed by atoms with van der Waals surface area (Å²) in [6, 6.07) is 6.89. The van der Waals surface area contributed by atoms with Crippen LogP contribution < -0.4 is 0 Å². The first kappa shape index (κ1) is 12.1. The zero-order chi connectivity index (χ0) is 10.4. The Balaban J connectivity index is 2.68. The van der Waals surface area contributed by atoms with E-state index in [1.54, 1.807) is 12.1 Å². The number of thioether (sulfide) groups is 1. The minimum Gasteiger partial charge on any atom is -0.207 e. The van der Waals surface area contributed by atoms with Gasteiger partial charge in [-0.1, -0.05) is 28.1 Å². The van der Waals surface area contributed by atoms with Crippen LogP contribution >= 0.6 is 27.7 Å². The Morgan fingerprint density at radius 2 is 2.29 bits per heavy atom. The predicted octanol–water partition coefficient (Wildman–Crippen LogP) is 4.06. The Labute approximate surface area is 97.4 Å². The van der Waals surface area contributed by atoms with E-state index in [-0.39, 0.29) is 5.82 Å². The summed E-state index contributed by atoms with van der Waals surface area (Å²) in [5.74, 6) is 1.41. The molecule has 0 spiro atoms. The minimum absolute atomic E-state index is 0.141. The van der Waals surface area contributed by atoms with Crippen molar-refractivity contribution in [3.63, 3.8) is 0 Å². The maximum absolute atomic E-state index is 13.0. The Morgan fingerprint density at radius 1 is 1.50 bits per heavy atom. The highest BCUT2D eigenvalue weighted by molar-refractivity contribution is 9.09. The largest absolute Gasteiger partial charge is 0.207 e. The average Bonchev–Trinajstić information content (AvgIpc) is 2.19. The van der Waals surface area contributed by atoms with Crippen molar-refractivity contribution < 1.29 is 4.39 Å². The van der Waals surface area contributed by atoms with Gasteiger partial charge >= 0.3 is 0 Å². The van der Waals surface area contributed by atoms with Crippen LogP contribution in [-0.2, 0) is 0 Å². The number of rotatable bonds is 5. The van der Waals surface area contributed by atoms with Crippen LogP contribution in [0.3, 0.4) is 0 Å². The molecule has 0 N–H and O–H groups in total. The average molecular weight is 277 g/mol. The lowest BCUT2D eigenvalue weighted by Gasteiger charge is -2.13. The first-order chi connectivity index (χ1) is 6.77. The maximum atomic E-state index is 13.0. The Kier molecular flexibility index (Phi) is 5.56. The van der Waals surface area contributed by atoms with E-state index in [0.29, 0.717) is 5.92 Å². The predicted molar refractivity (Wildman–Crippen MR) is 65.9 cm³/mol. The first-order valence-corrected chi connectivity index (χ1v) is 7.10. The molecule has 0 aliphatic heterocycles. The SMILES string of the molecule is CSCCC(CBr)c1cccc(F)c1. The third-order valence-corrected chi connectivity index (χ3v) is 3.60. The van der Waals surface area contributed by atoms with Gasteiger partial charge in [0.2, 0.25) is 0 Å². The Hall–Kier alpha value is -0.0200. The van der Waals surface area contributed by atoms with Crippen molar-refractivity contribution >= 4 is 27.7 Å². The molecule has 1 unspecified atom stereocenters. The van der Waals surface area contributed by atoms with Crippen LogP contribution in [0.15, 0.2) is 24.3 Å². The van der Waals surface area contributed by atoms with E-state index in [2.05, 4.69) is 22.2 Å². The second-order valence-corrected chi connectivity index (χ2v) is 4.82. The summed E-state index contributed by atoms with van der Waals surface area (Å²) >= 11 is 5.31. The maximum Gasteiger partial charge on any atom is 0.123 e. The van der Waals surface area contributed by atoms with Gasteiger partial charge in [-0.25, -0.2) is 4.39 Å². The topological polar surface area (TPSA) is 0 Å². The Morgan fingerprint density at radius 3 is 2.86 bits per heavy atom. The fraction of sp³-hybridized carbons (Fsp3) is 0.455. The van der Waals surface area contributed by atoms with E-state index < -0.39 is 0 Å². The van der Waals surface area contributed by atoms with Crippen LogP contribution in [0, 0.1) is 5.82 Å². The highest BCUT2D eigenvalue weighted by atomic mass is 79.9. The lowest BCUT2D eigenvalue weighted by atomic mass is 9.99. The third kappa shape index (κ3) is 3.62. The van der Waals surface area contributed by atoms with Crippen LogP contribution in [0.4, 0.5) is 4.39 Å². The van der Waals surface area contributed by atoms with Crippen molar-refractivity contribution in [1.29, 1.82) is 0 Å². The van der Waals surface area contributed by atoms with Crippen molar-refractivity contribution in [2.45, 2.75) is 12.3 Å². The van der Waals surface area contributed by atoms with Gasteiger partial charge in [-0.05, 0) is 42.0 Å². The fourth-order valence-electron chi connectivity index (χ4n) is 1.35. The molecule has 0 amide bonds. The van der Waals surface area contributed by atoms with E-state index in [1.165, 1.54) is 6.07 Å². The molecule has 0 saturated heterocycles. The fourth-order valence-corrected chi connectivity index (χ4v) is 2.57. The van der Waals surface area contributed by atoms with Crippen LogP contribution in [0.25, 0.3) is 0 Å². The zero-order valence-corrected chi connectivity index (χ0v) is 10.6. The summed E-state index contributed by atoms with van der Waals surface area (Å²) in [5.41, 5.74) is 1.09. The van der Waals surface area contributed by atoms with Crippen molar-refractivity contribution in [3.8, 4) is 0 Å². The summed E-state index contributed by atoms with van der Waals surface area (Å²) in [5, 5.41) is 0.900. The van der Waals surface area contributed by atoms with Crippen molar-refractivity contribution in [1.82, 2.24) is 0 Å². The Bertz CT molecular complexity index is 278. The number of hydrogen-bond acceptors (Lipinski definition) is 1. The van der Waals surface area contributed by atoms with Crippen molar-refractivity contribution in [2.75, 3.05) is 17.3 Å². The summed E-state index contributed by atoms with van der Waals surface area (Å²) in [7, 11) is 0. The standard InChI is InChI=1S/C11H14BrFS/c1-14-6-5-10(8-12)9-3-2-4-11(13)7-9/h2-4,7,10H,5-6,8H2,1H3. The molecule has 0 aliphatic rings. The summed E-state index contributed by atoms with van der Waals surface area (Å²) in [6.45, 7) is 0. The first-order valence-electron chi connectivity index (χ1n) is 4.58. The van der Waals surface area contributed by atoms with Crippen LogP contribution in [0.2, 0.25) is 0 Å². The summed E-state index contributed by atoms with van der Waals surface area (Å²) < 4.78 is 13.0. The second kappa shape index (κ2) is 6.46. The zero-order valence-electron chi connectivity index (χ0n) is 8.17. The lowest BCUT2D eigenvalue weighted by Crippen LogP contribution is -2.02. The van der Waals surface area contributed by atoms with Gasteiger partial charge in [-0.15, -0.1) is 0 Å². The van der Waals surface area contributed by atoms with E-state index in [0.717, 1.165) is 23.1 Å². The number of benzene rings is 1. The van der Waals surface area contributed by atoms with Crippen molar-refractivity contribution in [2.24, 2.45) is 0 Å². The molecular formula is C11H14BrFS. The van der Waals surface area contributed by atoms with Crippen LogP contribution in [-0.4, -0.2) is 17.3 Å². The van der Waals surface area contributed by atoms with Crippen LogP contribution in [0.1, 0.15) is 17.9 Å². The molecule has 78 valence electrons. The highest BCUT2D eigenvalue weighted by Crippen LogP contribution is 2.23. The minimum atomic E-state index is -0.141. The molecular weight excluding hydrogens is 263 g/mol. The second-order valence-electron chi connectivity index (χ2n) is 3.19. The molecule has 0 aromatic heterocycles. The molecule has 1 rings (SSSR count). The number of halogens is 2. The molecule has 1 aromatic rings. The van der Waals surface area contributed by atoms with Gasteiger partial charge in [-0.3, -0.25) is 0 Å². The molecule has 0 heterocycles. The lowest BCUT2D eigenvalue weighted by molar-refractivity contribution is 0.621.